The van der Waals surface area contributed by atoms with Gasteiger partial charge in [0.2, 0.25) is 12.1 Å². The number of imidazole rings is 1. The number of carbonyl (C=O) groups excluding carboxylic acids is 1. The zero-order valence-corrected chi connectivity index (χ0v) is 22.1. The lowest BCUT2D eigenvalue weighted by Gasteiger charge is -2.34. The van der Waals surface area contributed by atoms with Crippen LogP contribution in [0.15, 0.2) is 36.7 Å². The molecular formula is C25H26Cl2FN7O2. The maximum atomic E-state index is 14.6. The van der Waals surface area contributed by atoms with Gasteiger partial charge in [0.25, 0.3) is 0 Å². The van der Waals surface area contributed by atoms with Crippen LogP contribution < -0.4 is 5.32 Å². The van der Waals surface area contributed by atoms with Crippen LogP contribution in [-0.2, 0) is 4.74 Å². The summed E-state index contributed by atoms with van der Waals surface area (Å²) in [6.45, 7) is 6.51. The Hall–Kier alpha value is -3.42. The molecule has 1 saturated heterocycles. The van der Waals surface area contributed by atoms with Gasteiger partial charge in [0, 0.05) is 30.9 Å². The number of hydrogen-bond donors (Lipinski definition) is 1. The van der Waals surface area contributed by atoms with Crippen molar-refractivity contribution in [3.8, 4) is 23.3 Å². The van der Waals surface area contributed by atoms with Gasteiger partial charge in [-0.05, 0) is 57.9 Å². The molecule has 1 aromatic carbocycles. The van der Waals surface area contributed by atoms with Gasteiger partial charge in [-0.3, -0.25) is 4.57 Å². The summed E-state index contributed by atoms with van der Waals surface area (Å²) in [5.41, 5.74) is 0.00222. The molecule has 12 heteroatoms. The number of rotatable bonds is 5. The minimum atomic E-state index is -1.93. The summed E-state index contributed by atoms with van der Waals surface area (Å²) < 4.78 is 21.6. The van der Waals surface area contributed by atoms with Gasteiger partial charge in [0.1, 0.15) is 23.3 Å². The number of nitriles is 1. The number of halogens is 3. The highest BCUT2D eigenvalue weighted by Gasteiger charge is 2.28. The predicted octanol–water partition coefficient (Wildman–Crippen LogP) is 5.98. The maximum absolute atomic E-state index is 14.6. The van der Waals surface area contributed by atoms with E-state index in [4.69, 9.17) is 27.9 Å². The summed E-state index contributed by atoms with van der Waals surface area (Å²) in [4.78, 5) is 27.4. The van der Waals surface area contributed by atoms with Crippen molar-refractivity contribution in [3.05, 3.63) is 52.4 Å². The SMILES string of the molecule is CC(C)(C)OC(=O)N1CCC[C@H](Nc2nccc(-n3c(C(F)C#N)cnc3-c3ccc(Cl)c(Cl)c3)n2)C1. The van der Waals surface area contributed by atoms with Crippen LogP contribution in [0.25, 0.3) is 17.2 Å². The monoisotopic (exact) mass is 545 g/mol. The van der Waals surface area contributed by atoms with Crippen molar-refractivity contribution in [2.24, 2.45) is 0 Å². The Kier molecular flexibility index (Phi) is 7.85. The van der Waals surface area contributed by atoms with Crippen molar-refractivity contribution < 1.29 is 13.9 Å². The molecule has 2 atom stereocenters. The lowest BCUT2D eigenvalue weighted by molar-refractivity contribution is 0.0206. The molecule has 4 rings (SSSR count). The molecule has 0 aliphatic carbocycles. The third-order valence-electron chi connectivity index (χ3n) is 5.62. The van der Waals surface area contributed by atoms with E-state index < -0.39 is 11.8 Å². The number of benzene rings is 1. The second kappa shape index (κ2) is 10.9. The fourth-order valence-corrected chi connectivity index (χ4v) is 4.30. The van der Waals surface area contributed by atoms with E-state index in [0.717, 1.165) is 12.8 Å². The van der Waals surface area contributed by atoms with Crippen LogP contribution >= 0.6 is 23.2 Å². The molecule has 1 N–H and O–H groups in total. The number of likely N-dealkylation sites (tertiary alicyclic amines) is 1. The van der Waals surface area contributed by atoms with Gasteiger partial charge in [0.05, 0.1) is 21.9 Å². The topological polar surface area (TPSA) is 109 Å². The highest BCUT2D eigenvalue weighted by atomic mass is 35.5. The van der Waals surface area contributed by atoms with Crippen molar-refractivity contribution in [2.45, 2.75) is 51.4 Å². The van der Waals surface area contributed by atoms with Gasteiger partial charge in [-0.25, -0.2) is 19.2 Å². The van der Waals surface area contributed by atoms with E-state index in [-0.39, 0.29) is 17.8 Å². The first-order valence-corrected chi connectivity index (χ1v) is 12.5. The Morgan fingerprint density at radius 1 is 1.27 bits per heavy atom. The van der Waals surface area contributed by atoms with Crippen LogP contribution in [0, 0.1) is 11.3 Å². The lowest BCUT2D eigenvalue weighted by atomic mass is 10.1. The van der Waals surface area contributed by atoms with Crippen molar-refractivity contribution in [1.82, 2.24) is 24.4 Å². The molecule has 2 aromatic heterocycles. The van der Waals surface area contributed by atoms with Gasteiger partial charge < -0.3 is 15.0 Å². The number of aromatic nitrogens is 4. The number of carbonyl (C=O) groups is 1. The molecule has 37 heavy (non-hydrogen) atoms. The van der Waals surface area contributed by atoms with Crippen LogP contribution in [0.3, 0.4) is 0 Å². The Morgan fingerprint density at radius 2 is 2.05 bits per heavy atom. The van der Waals surface area contributed by atoms with Crippen molar-refractivity contribution in [2.75, 3.05) is 18.4 Å². The van der Waals surface area contributed by atoms with E-state index in [1.807, 2.05) is 20.8 Å². The average Bonchev–Trinajstić information content (AvgIpc) is 3.30. The van der Waals surface area contributed by atoms with Crippen LogP contribution in [0.5, 0.6) is 0 Å². The molecule has 1 amide bonds. The van der Waals surface area contributed by atoms with Gasteiger partial charge >= 0.3 is 6.09 Å². The van der Waals surface area contributed by atoms with Crippen molar-refractivity contribution in [3.63, 3.8) is 0 Å². The van der Waals surface area contributed by atoms with E-state index in [1.165, 1.54) is 17.0 Å². The van der Waals surface area contributed by atoms with Crippen LogP contribution in [0.2, 0.25) is 10.0 Å². The van der Waals surface area contributed by atoms with Crippen LogP contribution in [-0.4, -0.2) is 55.2 Å². The smallest absolute Gasteiger partial charge is 0.410 e. The van der Waals surface area contributed by atoms with Gasteiger partial charge in [-0.1, -0.05) is 23.2 Å². The highest BCUT2D eigenvalue weighted by Crippen LogP contribution is 2.32. The molecule has 1 fully saturated rings. The molecular weight excluding hydrogens is 520 g/mol. The van der Waals surface area contributed by atoms with E-state index in [2.05, 4.69) is 20.3 Å². The first-order valence-electron chi connectivity index (χ1n) is 11.7. The number of amides is 1. The quantitative estimate of drug-likeness (QED) is 0.419. The Labute approximate surface area is 224 Å². The molecule has 3 heterocycles. The Morgan fingerprint density at radius 3 is 2.76 bits per heavy atom. The standard InChI is InChI=1S/C25H26Cl2FN7O2/c1-25(2,3)37-24(36)34-10-4-5-16(14-34)32-23-30-9-8-21(33-23)35-20(19(28)12-29)13-31-22(35)15-6-7-17(26)18(27)11-15/h6-9,11,13,16,19H,4-5,10,14H2,1-3H3,(H,30,32,33)/t16-,19?/m0/s1. The third-order valence-corrected chi connectivity index (χ3v) is 6.36. The molecule has 3 aromatic rings. The number of nitrogens with one attached hydrogen (secondary N) is 1. The molecule has 0 spiro atoms. The Balaban J connectivity index is 1.62. The summed E-state index contributed by atoms with van der Waals surface area (Å²) in [6.07, 6.45) is 2.11. The fourth-order valence-electron chi connectivity index (χ4n) is 4.00. The minimum absolute atomic E-state index is 0.0157. The number of alkyl halides is 1. The average molecular weight is 546 g/mol. The summed E-state index contributed by atoms with van der Waals surface area (Å²) >= 11 is 12.2. The third kappa shape index (κ3) is 6.29. The number of ether oxygens (including phenoxy) is 1. The van der Waals surface area contributed by atoms with E-state index in [9.17, 15) is 14.4 Å². The summed E-state index contributed by atoms with van der Waals surface area (Å²) in [7, 11) is 0. The molecule has 1 unspecified atom stereocenters. The van der Waals surface area contributed by atoms with E-state index in [1.54, 1.807) is 35.2 Å². The molecule has 9 nitrogen and oxygen atoms in total. The van der Waals surface area contributed by atoms with E-state index in [0.29, 0.717) is 46.3 Å². The molecule has 1 aliphatic heterocycles. The first kappa shape index (κ1) is 26.6. The zero-order valence-electron chi connectivity index (χ0n) is 20.6. The molecule has 194 valence electrons. The predicted molar refractivity (Wildman–Crippen MR) is 139 cm³/mol. The van der Waals surface area contributed by atoms with Crippen molar-refractivity contribution in [1.29, 1.82) is 5.26 Å². The second-order valence-corrected chi connectivity index (χ2v) is 10.4. The van der Waals surface area contributed by atoms with Crippen LogP contribution in [0.1, 0.15) is 45.5 Å². The number of hydrogen-bond acceptors (Lipinski definition) is 7. The maximum Gasteiger partial charge on any atom is 0.410 e. The number of piperidine rings is 1. The summed E-state index contributed by atoms with van der Waals surface area (Å²) in [5, 5.41) is 13.2. The van der Waals surface area contributed by atoms with Gasteiger partial charge in [-0.2, -0.15) is 10.2 Å². The normalized spacial score (nSPS) is 16.7. The fraction of sp³-hybridized carbons (Fsp3) is 0.400. The van der Waals surface area contributed by atoms with Crippen molar-refractivity contribution >= 4 is 35.2 Å². The zero-order chi connectivity index (χ0) is 26.7. The molecule has 0 saturated carbocycles. The largest absolute Gasteiger partial charge is 0.444 e. The summed E-state index contributed by atoms with van der Waals surface area (Å²) in [6, 6.07) is 8.01. The number of nitrogens with zero attached hydrogens (tertiary/aromatic N) is 6. The molecule has 0 radical (unpaired) electrons. The lowest BCUT2D eigenvalue weighted by Crippen LogP contribution is -2.47. The summed E-state index contributed by atoms with van der Waals surface area (Å²) in [5.74, 6) is 0.939. The first-order chi connectivity index (χ1) is 17.6. The van der Waals surface area contributed by atoms with Gasteiger partial charge in [0.15, 0.2) is 0 Å². The molecule has 1 aliphatic rings. The highest BCUT2D eigenvalue weighted by molar-refractivity contribution is 6.42. The Bertz CT molecular complexity index is 1340. The van der Waals surface area contributed by atoms with Gasteiger partial charge in [-0.15, -0.1) is 0 Å². The van der Waals surface area contributed by atoms with E-state index >= 15 is 0 Å². The minimum Gasteiger partial charge on any atom is -0.444 e. The molecule has 0 bridgehead atoms. The number of anilines is 1. The second-order valence-electron chi connectivity index (χ2n) is 9.61. The van der Waals surface area contributed by atoms with Crippen LogP contribution in [0.4, 0.5) is 15.1 Å².